The standard InChI is InChI=1S/C16H18N4O/c1-4-18-16(2,3)15-19-14(20-21-15)12-7-8-13-11(10-12)6-5-9-17-13/h5-10,18H,4H2,1-3H3. The molecule has 0 atom stereocenters. The zero-order valence-electron chi connectivity index (χ0n) is 12.4. The van der Waals surface area contributed by atoms with Crippen molar-refractivity contribution < 1.29 is 4.52 Å². The van der Waals surface area contributed by atoms with Gasteiger partial charge in [-0.15, -0.1) is 0 Å². The molecule has 5 nitrogen and oxygen atoms in total. The van der Waals surface area contributed by atoms with Crippen molar-refractivity contribution in [3.63, 3.8) is 0 Å². The van der Waals surface area contributed by atoms with Crippen molar-refractivity contribution in [2.75, 3.05) is 6.54 Å². The molecule has 0 saturated carbocycles. The van der Waals surface area contributed by atoms with Crippen molar-refractivity contribution in [2.24, 2.45) is 0 Å². The van der Waals surface area contributed by atoms with Gasteiger partial charge in [0.15, 0.2) is 0 Å². The molecule has 0 aliphatic carbocycles. The number of nitrogens with zero attached hydrogens (tertiary/aromatic N) is 3. The molecular formula is C16H18N4O. The minimum atomic E-state index is -0.335. The quantitative estimate of drug-likeness (QED) is 0.796. The van der Waals surface area contributed by atoms with Gasteiger partial charge in [-0.3, -0.25) is 4.98 Å². The van der Waals surface area contributed by atoms with E-state index < -0.39 is 0 Å². The van der Waals surface area contributed by atoms with Crippen LogP contribution in [-0.2, 0) is 5.54 Å². The molecule has 2 heterocycles. The molecule has 0 aliphatic heterocycles. The Morgan fingerprint density at radius 1 is 1.24 bits per heavy atom. The molecule has 2 aromatic heterocycles. The maximum atomic E-state index is 5.41. The van der Waals surface area contributed by atoms with Crippen molar-refractivity contribution in [3.05, 3.63) is 42.4 Å². The Morgan fingerprint density at radius 2 is 2.10 bits per heavy atom. The molecule has 0 aliphatic rings. The van der Waals surface area contributed by atoms with E-state index in [0.29, 0.717) is 11.7 Å². The van der Waals surface area contributed by atoms with Crippen molar-refractivity contribution in [1.82, 2.24) is 20.4 Å². The van der Waals surface area contributed by atoms with Gasteiger partial charge in [-0.25, -0.2) is 0 Å². The lowest BCUT2D eigenvalue weighted by atomic mass is 10.1. The fourth-order valence-corrected chi connectivity index (χ4v) is 2.33. The molecular weight excluding hydrogens is 264 g/mol. The maximum absolute atomic E-state index is 5.41. The molecule has 1 aromatic carbocycles. The number of hydrogen-bond acceptors (Lipinski definition) is 5. The molecule has 21 heavy (non-hydrogen) atoms. The van der Waals surface area contributed by atoms with Gasteiger partial charge in [0.25, 0.3) is 0 Å². The summed E-state index contributed by atoms with van der Waals surface area (Å²) in [5.74, 6) is 1.19. The van der Waals surface area contributed by atoms with Gasteiger partial charge >= 0.3 is 0 Å². The summed E-state index contributed by atoms with van der Waals surface area (Å²) < 4.78 is 5.41. The van der Waals surface area contributed by atoms with Crippen LogP contribution in [0.2, 0.25) is 0 Å². The number of pyridine rings is 1. The van der Waals surface area contributed by atoms with Gasteiger partial charge in [-0.1, -0.05) is 18.1 Å². The number of rotatable bonds is 4. The van der Waals surface area contributed by atoms with Crippen molar-refractivity contribution in [1.29, 1.82) is 0 Å². The van der Waals surface area contributed by atoms with Crippen LogP contribution in [-0.4, -0.2) is 21.7 Å². The summed E-state index contributed by atoms with van der Waals surface area (Å²) in [5, 5.41) is 8.48. The fraction of sp³-hybridized carbons (Fsp3) is 0.312. The number of nitrogens with one attached hydrogen (secondary N) is 1. The second kappa shape index (κ2) is 5.26. The van der Waals surface area contributed by atoms with E-state index in [-0.39, 0.29) is 5.54 Å². The Kier molecular flexibility index (Phi) is 3.43. The summed E-state index contributed by atoms with van der Waals surface area (Å²) in [5.41, 5.74) is 1.55. The zero-order valence-corrected chi connectivity index (χ0v) is 12.4. The topological polar surface area (TPSA) is 63.8 Å². The Morgan fingerprint density at radius 3 is 2.90 bits per heavy atom. The van der Waals surface area contributed by atoms with Gasteiger partial charge in [-0.2, -0.15) is 4.98 Å². The summed E-state index contributed by atoms with van der Waals surface area (Å²) in [6, 6.07) is 9.90. The number of aromatic nitrogens is 3. The first kappa shape index (κ1) is 13.7. The van der Waals surface area contributed by atoms with Gasteiger partial charge in [-0.05, 0) is 44.7 Å². The fourth-order valence-electron chi connectivity index (χ4n) is 2.33. The van der Waals surface area contributed by atoms with E-state index in [4.69, 9.17) is 4.52 Å². The van der Waals surface area contributed by atoms with E-state index in [1.54, 1.807) is 6.20 Å². The Hall–Kier alpha value is -2.27. The van der Waals surface area contributed by atoms with Gasteiger partial charge < -0.3 is 9.84 Å². The summed E-state index contributed by atoms with van der Waals surface area (Å²) in [7, 11) is 0. The third-order valence-electron chi connectivity index (χ3n) is 3.44. The van der Waals surface area contributed by atoms with Crippen LogP contribution in [0.25, 0.3) is 22.3 Å². The molecule has 0 saturated heterocycles. The molecule has 0 unspecified atom stereocenters. The third-order valence-corrected chi connectivity index (χ3v) is 3.44. The first-order valence-corrected chi connectivity index (χ1v) is 7.04. The van der Waals surface area contributed by atoms with E-state index in [1.165, 1.54) is 0 Å². The van der Waals surface area contributed by atoms with Gasteiger partial charge in [0.1, 0.15) is 0 Å². The van der Waals surface area contributed by atoms with E-state index in [9.17, 15) is 0 Å². The minimum absolute atomic E-state index is 0.335. The second-order valence-electron chi connectivity index (χ2n) is 5.49. The summed E-state index contributed by atoms with van der Waals surface area (Å²) in [6.07, 6.45) is 1.79. The normalized spacial score (nSPS) is 12.0. The van der Waals surface area contributed by atoms with Gasteiger partial charge in [0.05, 0.1) is 11.1 Å². The van der Waals surface area contributed by atoms with E-state index in [1.807, 2.05) is 44.2 Å². The molecule has 0 bridgehead atoms. The highest BCUT2D eigenvalue weighted by atomic mass is 16.5. The molecule has 0 radical (unpaired) electrons. The lowest BCUT2D eigenvalue weighted by Crippen LogP contribution is -2.36. The SMILES string of the molecule is CCNC(C)(C)c1nc(-c2ccc3ncccc3c2)no1. The Bertz CT molecular complexity index is 764. The van der Waals surface area contributed by atoms with Crippen LogP contribution >= 0.6 is 0 Å². The van der Waals surface area contributed by atoms with E-state index in [2.05, 4.69) is 27.4 Å². The van der Waals surface area contributed by atoms with Crippen molar-refractivity contribution in [3.8, 4) is 11.4 Å². The smallest absolute Gasteiger partial charge is 0.246 e. The maximum Gasteiger partial charge on any atom is 0.246 e. The largest absolute Gasteiger partial charge is 0.337 e. The van der Waals surface area contributed by atoms with Gasteiger partial charge in [0, 0.05) is 17.1 Å². The van der Waals surface area contributed by atoms with Crippen LogP contribution in [0, 0.1) is 0 Å². The Balaban J connectivity index is 1.98. The van der Waals surface area contributed by atoms with Crippen LogP contribution in [0.1, 0.15) is 26.7 Å². The van der Waals surface area contributed by atoms with E-state index in [0.717, 1.165) is 23.0 Å². The van der Waals surface area contributed by atoms with Crippen molar-refractivity contribution in [2.45, 2.75) is 26.3 Å². The highest BCUT2D eigenvalue weighted by Crippen LogP contribution is 2.24. The number of benzene rings is 1. The molecule has 1 N–H and O–H groups in total. The van der Waals surface area contributed by atoms with E-state index >= 15 is 0 Å². The van der Waals surface area contributed by atoms with Crippen LogP contribution in [0.4, 0.5) is 0 Å². The predicted octanol–water partition coefficient (Wildman–Crippen LogP) is 3.13. The van der Waals surface area contributed by atoms with Crippen molar-refractivity contribution >= 4 is 10.9 Å². The molecule has 0 spiro atoms. The Labute approximate surface area is 123 Å². The van der Waals surface area contributed by atoms with Crippen LogP contribution in [0.5, 0.6) is 0 Å². The summed E-state index contributed by atoms with van der Waals surface area (Å²) in [4.78, 5) is 8.83. The number of fused-ring (bicyclic) bond motifs is 1. The summed E-state index contributed by atoms with van der Waals surface area (Å²) in [6.45, 7) is 6.94. The van der Waals surface area contributed by atoms with Crippen LogP contribution < -0.4 is 5.32 Å². The number of hydrogen-bond donors (Lipinski definition) is 1. The van der Waals surface area contributed by atoms with Crippen LogP contribution in [0.15, 0.2) is 41.1 Å². The lowest BCUT2D eigenvalue weighted by Gasteiger charge is -2.20. The third kappa shape index (κ3) is 2.64. The van der Waals surface area contributed by atoms with Gasteiger partial charge in [0.2, 0.25) is 11.7 Å². The van der Waals surface area contributed by atoms with Crippen LogP contribution in [0.3, 0.4) is 0 Å². The minimum Gasteiger partial charge on any atom is -0.337 e. The zero-order chi connectivity index (χ0) is 14.9. The second-order valence-corrected chi connectivity index (χ2v) is 5.49. The predicted molar refractivity (Wildman–Crippen MR) is 81.7 cm³/mol. The first-order valence-electron chi connectivity index (χ1n) is 7.04. The molecule has 5 heteroatoms. The molecule has 3 aromatic rings. The molecule has 108 valence electrons. The monoisotopic (exact) mass is 282 g/mol. The summed E-state index contributed by atoms with van der Waals surface area (Å²) >= 11 is 0. The molecule has 0 amide bonds. The highest BCUT2D eigenvalue weighted by Gasteiger charge is 2.26. The average molecular weight is 282 g/mol. The first-order chi connectivity index (χ1) is 10.1. The molecule has 3 rings (SSSR count). The molecule has 0 fully saturated rings. The average Bonchev–Trinajstić information content (AvgIpc) is 2.97. The lowest BCUT2D eigenvalue weighted by molar-refractivity contribution is 0.272. The highest BCUT2D eigenvalue weighted by molar-refractivity contribution is 5.82.